The van der Waals surface area contributed by atoms with E-state index in [0.717, 1.165) is 16.5 Å². The van der Waals surface area contributed by atoms with Crippen molar-refractivity contribution in [3.63, 3.8) is 0 Å². The molecule has 2 heterocycles. The van der Waals surface area contributed by atoms with Crippen molar-refractivity contribution in [2.45, 2.75) is 0 Å². The van der Waals surface area contributed by atoms with E-state index in [1.54, 1.807) is 36.4 Å². The normalized spacial score (nSPS) is 10.7. The molecule has 0 aliphatic heterocycles. The number of benzene rings is 4. The van der Waals surface area contributed by atoms with E-state index in [0.29, 0.717) is 39.4 Å². The third kappa shape index (κ3) is 4.66. The number of fused-ring (bicyclic) bond motifs is 1. The van der Waals surface area contributed by atoms with E-state index in [4.69, 9.17) is 0 Å². The van der Waals surface area contributed by atoms with Crippen LogP contribution in [0, 0.1) is 11.3 Å². The van der Waals surface area contributed by atoms with Crippen molar-refractivity contribution in [2.75, 3.05) is 10.6 Å². The number of nitriles is 1. The van der Waals surface area contributed by atoms with Crippen LogP contribution < -0.4 is 10.6 Å². The fraction of sp³-hybridized carbons (Fsp3) is 0. The average molecular weight is 525 g/mol. The van der Waals surface area contributed by atoms with Crippen molar-refractivity contribution in [3.05, 3.63) is 114 Å². The summed E-state index contributed by atoms with van der Waals surface area (Å²) in [5.74, 6) is -0.374. The second-order valence-electron chi connectivity index (χ2n) is 8.89. The maximum absolute atomic E-state index is 13.4. The largest absolute Gasteiger partial charge is 0.349 e. The predicted molar refractivity (Wildman–Crippen MR) is 150 cm³/mol. The molecule has 4 aromatic carbocycles. The van der Waals surface area contributed by atoms with E-state index in [2.05, 4.69) is 42.3 Å². The quantitative estimate of drug-likeness (QED) is 0.229. The third-order valence-electron chi connectivity index (χ3n) is 6.40. The molecule has 4 N–H and O–H groups in total. The number of hydrogen-bond acceptors (Lipinski definition) is 6. The molecule has 10 nitrogen and oxygen atoms in total. The highest BCUT2D eigenvalue weighted by Crippen LogP contribution is 2.29. The van der Waals surface area contributed by atoms with Crippen LogP contribution in [-0.2, 0) is 0 Å². The van der Waals surface area contributed by atoms with Crippen molar-refractivity contribution in [1.29, 1.82) is 5.26 Å². The van der Waals surface area contributed by atoms with Crippen LogP contribution in [0.5, 0.6) is 0 Å². The summed E-state index contributed by atoms with van der Waals surface area (Å²) in [4.78, 5) is 29.8. The molecule has 0 aliphatic rings. The van der Waals surface area contributed by atoms with Crippen molar-refractivity contribution < 1.29 is 9.59 Å². The molecule has 6 aromatic rings. The molecule has 0 bridgehead atoms. The van der Waals surface area contributed by atoms with E-state index in [1.807, 2.05) is 60.7 Å². The van der Waals surface area contributed by atoms with E-state index in [9.17, 15) is 14.9 Å². The van der Waals surface area contributed by atoms with Crippen molar-refractivity contribution >= 4 is 34.1 Å². The smallest absolute Gasteiger partial charge is 0.272 e. The number of rotatable bonds is 6. The van der Waals surface area contributed by atoms with Crippen LogP contribution in [0.4, 0.5) is 11.4 Å². The lowest BCUT2D eigenvalue weighted by molar-refractivity contribution is 0.101. The lowest BCUT2D eigenvalue weighted by Crippen LogP contribution is -2.14. The number of carbonyl (C=O) groups excluding carboxylic acids is 2. The van der Waals surface area contributed by atoms with Crippen LogP contribution >= 0.6 is 0 Å². The highest BCUT2D eigenvalue weighted by Gasteiger charge is 2.18. The first-order valence-corrected chi connectivity index (χ1v) is 12.3. The maximum atomic E-state index is 13.4. The number of hydrogen-bond donors (Lipinski definition) is 4. The molecule has 6 rings (SSSR count). The van der Waals surface area contributed by atoms with Gasteiger partial charge in [0.2, 0.25) is 0 Å². The zero-order valence-electron chi connectivity index (χ0n) is 20.8. The first kappa shape index (κ1) is 24.3. The summed E-state index contributed by atoms with van der Waals surface area (Å²) in [5.41, 5.74) is 5.01. The van der Waals surface area contributed by atoms with Gasteiger partial charge in [-0.25, -0.2) is 5.10 Å². The summed E-state index contributed by atoms with van der Waals surface area (Å²) in [7, 11) is 0. The Balaban J connectivity index is 1.29. The molecular formula is C30H20N8O2. The minimum atomic E-state index is -0.415. The molecule has 40 heavy (non-hydrogen) atoms. The lowest BCUT2D eigenvalue weighted by atomic mass is 9.99. The van der Waals surface area contributed by atoms with Gasteiger partial charge in [0.15, 0.2) is 5.82 Å². The van der Waals surface area contributed by atoms with E-state index in [1.165, 1.54) is 0 Å². The van der Waals surface area contributed by atoms with Crippen molar-refractivity contribution in [1.82, 2.24) is 25.6 Å². The molecule has 2 amide bonds. The first-order chi connectivity index (χ1) is 19.6. The van der Waals surface area contributed by atoms with E-state index < -0.39 is 5.91 Å². The topological polar surface area (TPSA) is 152 Å². The minimum Gasteiger partial charge on any atom is -0.349 e. The zero-order chi connectivity index (χ0) is 27.5. The van der Waals surface area contributed by atoms with Gasteiger partial charge in [0.05, 0.1) is 28.5 Å². The number of anilines is 2. The number of nitrogens with one attached hydrogen (secondary N) is 4. The molecule has 2 aromatic heterocycles. The standard InChI is InChI=1S/C30H20N8O2/c31-17-18-13-14-24(23(15-18)28-35-37-38-36-28)33-30(40)26-16-20-9-6-12-25(27(20)32-26)34-29(39)22-11-5-4-10-21(22)19-7-2-1-3-8-19/h1-16,32H,(H,33,40)(H,34,39)(H,35,36,37,38). The fourth-order valence-electron chi connectivity index (χ4n) is 4.50. The second-order valence-corrected chi connectivity index (χ2v) is 8.89. The number of tetrazole rings is 1. The molecule has 0 aliphatic carbocycles. The fourth-order valence-corrected chi connectivity index (χ4v) is 4.50. The van der Waals surface area contributed by atoms with Gasteiger partial charge in [0.1, 0.15) is 5.69 Å². The second kappa shape index (κ2) is 10.4. The molecule has 10 heteroatoms. The van der Waals surface area contributed by atoms with Gasteiger partial charge < -0.3 is 15.6 Å². The third-order valence-corrected chi connectivity index (χ3v) is 6.40. The Labute approximate surface area is 227 Å². The van der Waals surface area contributed by atoms with Gasteiger partial charge in [0, 0.05) is 16.5 Å². The predicted octanol–water partition coefficient (Wildman–Crippen LogP) is 5.39. The average Bonchev–Trinajstić information content (AvgIpc) is 3.69. The van der Waals surface area contributed by atoms with Crippen LogP contribution in [0.1, 0.15) is 26.4 Å². The molecule has 0 saturated heterocycles. The number of aromatic nitrogens is 5. The Morgan fingerprint density at radius 2 is 1.57 bits per heavy atom. The number of aromatic amines is 2. The molecule has 0 saturated carbocycles. The minimum absolute atomic E-state index is 0.268. The Morgan fingerprint density at radius 3 is 2.38 bits per heavy atom. The Kier molecular flexibility index (Phi) is 6.28. The molecule has 0 fully saturated rings. The SMILES string of the molecule is N#Cc1ccc(NC(=O)c2cc3cccc(NC(=O)c4ccccc4-c4ccccc4)c3[nH]2)c(-c2nnn[nH]2)c1. The van der Waals surface area contributed by atoms with Crippen LogP contribution in [0.15, 0.2) is 97.1 Å². The lowest BCUT2D eigenvalue weighted by Gasteiger charge is -2.11. The van der Waals surface area contributed by atoms with E-state index >= 15 is 0 Å². The highest BCUT2D eigenvalue weighted by molar-refractivity contribution is 6.13. The first-order valence-electron chi connectivity index (χ1n) is 12.3. The summed E-state index contributed by atoms with van der Waals surface area (Å²) in [6.07, 6.45) is 0. The summed E-state index contributed by atoms with van der Waals surface area (Å²) in [5, 5.41) is 29.6. The van der Waals surface area contributed by atoms with E-state index in [-0.39, 0.29) is 11.6 Å². The summed E-state index contributed by atoms with van der Waals surface area (Å²) in [6.45, 7) is 0. The molecule has 0 radical (unpaired) electrons. The number of H-pyrrole nitrogens is 2. The van der Waals surface area contributed by atoms with Crippen molar-refractivity contribution in [3.8, 4) is 28.6 Å². The number of para-hydroxylation sites is 1. The summed E-state index contributed by atoms with van der Waals surface area (Å²) < 4.78 is 0. The Bertz CT molecular complexity index is 1900. The molecular weight excluding hydrogens is 504 g/mol. The van der Waals surface area contributed by atoms with Gasteiger partial charge in [0.25, 0.3) is 11.8 Å². The summed E-state index contributed by atoms with van der Waals surface area (Å²) in [6, 6.07) is 31.1. The summed E-state index contributed by atoms with van der Waals surface area (Å²) >= 11 is 0. The highest BCUT2D eigenvalue weighted by atomic mass is 16.2. The van der Waals surface area contributed by atoms with Gasteiger partial charge in [-0.3, -0.25) is 9.59 Å². The Hall–Kier alpha value is -6.08. The van der Waals surface area contributed by atoms with Gasteiger partial charge in [-0.15, -0.1) is 5.10 Å². The molecule has 0 unspecified atom stereocenters. The number of carbonyl (C=O) groups is 2. The monoisotopic (exact) mass is 524 g/mol. The van der Waals surface area contributed by atoms with Crippen LogP contribution in [0.3, 0.4) is 0 Å². The van der Waals surface area contributed by atoms with Crippen LogP contribution in [0.25, 0.3) is 33.4 Å². The van der Waals surface area contributed by atoms with Crippen LogP contribution in [0.2, 0.25) is 0 Å². The van der Waals surface area contributed by atoms with Gasteiger partial charge >= 0.3 is 0 Å². The number of nitrogens with zero attached hydrogens (tertiary/aromatic N) is 4. The van der Waals surface area contributed by atoms with Crippen molar-refractivity contribution in [2.24, 2.45) is 0 Å². The van der Waals surface area contributed by atoms with Crippen LogP contribution in [-0.4, -0.2) is 37.4 Å². The molecule has 0 atom stereocenters. The van der Waals surface area contributed by atoms with Gasteiger partial charge in [-0.1, -0.05) is 60.7 Å². The number of amides is 2. The van der Waals surface area contributed by atoms with Gasteiger partial charge in [-0.2, -0.15) is 5.26 Å². The molecule has 0 spiro atoms. The Morgan fingerprint density at radius 1 is 0.775 bits per heavy atom. The maximum Gasteiger partial charge on any atom is 0.272 e. The zero-order valence-corrected chi connectivity index (χ0v) is 20.8. The molecule has 192 valence electrons. The van der Waals surface area contributed by atoms with Gasteiger partial charge in [-0.05, 0) is 58.0 Å².